The molecule has 0 spiro atoms. The number of carbonyl (C=O) groups is 1. The zero-order valence-corrected chi connectivity index (χ0v) is 17.8. The van der Waals surface area contributed by atoms with Crippen molar-refractivity contribution in [2.24, 2.45) is 0 Å². The number of benzene rings is 3. The van der Waals surface area contributed by atoms with Gasteiger partial charge < -0.3 is 4.90 Å². The molecule has 5 rings (SSSR count). The van der Waals surface area contributed by atoms with Crippen molar-refractivity contribution in [3.8, 4) is 11.3 Å². The summed E-state index contributed by atoms with van der Waals surface area (Å²) in [7, 11) is 0. The van der Waals surface area contributed by atoms with Crippen molar-refractivity contribution in [2.45, 2.75) is 32.9 Å². The Bertz CT molecular complexity index is 1210. The first-order valence-corrected chi connectivity index (χ1v) is 10.7. The lowest BCUT2D eigenvalue weighted by molar-refractivity contribution is 0.0730. The molecule has 0 aliphatic carbocycles. The summed E-state index contributed by atoms with van der Waals surface area (Å²) in [5, 5.41) is 7.61. The van der Waals surface area contributed by atoms with E-state index < -0.39 is 0 Å². The molecule has 1 unspecified atom stereocenters. The van der Waals surface area contributed by atoms with Crippen molar-refractivity contribution in [3.63, 3.8) is 0 Å². The van der Waals surface area contributed by atoms with Gasteiger partial charge in [-0.2, -0.15) is 5.10 Å². The monoisotopic (exact) mass is 407 g/mol. The molecule has 0 fully saturated rings. The fourth-order valence-electron chi connectivity index (χ4n) is 4.35. The molecule has 1 atom stereocenters. The zero-order valence-electron chi connectivity index (χ0n) is 17.8. The largest absolute Gasteiger partial charge is 0.322 e. The Morgan fingerprint density at radius 2 is 1.61 bits per heavy atom. The number of nitrogens with one attached hydrogen (secondary N) is 1. The van der Waals surface area contributed by atoms with Crippen LogP contribution in [0, 0.1) is 6.92 Å². The molecule has 4 heteroatoms. The summed E-state index contributed by atoms with van der Waals surface area (Å²) in [5.41, 5.74) is 8.13. The molecule has 154 valence electrons. The van der Waals surface area contributed by atoms with Gasteiger partial charge in [0.15, 0.2) is 0 Å². The topological polar surface area (TPSA) is 49.0 Å². The number of carbonyl (C=O) groups excluding carboxylic acids is 1. The third kappa shape index (κ3) is 3.44. The Hall–Kier alpha value is -3.66. The van der Waals surface area contributed by atoms with Crippen LogP contribution in [0.5, 0.6) is 0 Å². The molecule has 1 aliphatic heterocycles. The quantitative estimate of drug-likeness (QED) is 0.462. The Morgan fingerprint density at radius 1 is 0.903 bits per heavy atom. The highest BCUT2D eigenvalue weighted by Gasteiger charge is 2.42. The van der Waals surface area contributed by atoms with Gasteiger partial charge in [0.2, 0.25) is 0 Å². The second-order valence-electron chi connectivity index (χ2n) is 8.14. The van der Waals surface area contributed by atoms with Crippen LogP contribution in [0.2, 0.25) is 0 Å². The first kappa shape index (κ1) is 19.3. The molecule has 1 N–H and O–H groups in total. The predicted octanol–water partition coefficient (Wildman–Crippen LogP) is 5.69. The number of aromatic amines is 1. The molecule has 31 heavy (non-hydrogen) atoms. The second-order valence-corrected chi connectivity index (χ2v) is 8.14. The summed E-state index contributed by atoms with van der Waals surface area (Å²) in [4.78, 5) is 15.4. The highest BCUT2D eigenvalue weighted by molar-refractivity contribution is 6.00. The van der Waals surface area contributed by atoms with Gasteiger partial charge in [0, 0.05) is 17.7 Å². The summed E-state index contributed by atoms with van der Waals surface area (Å²) in [6, 6.07) is 26.9. The molecule has 4 nitrogen and oxygen atoms in total. The molecule has 1 amide bonds. The van der Waals surface area contributed by atoms with E-state index in [1.165, 1.54) is 11.1 Å². The smallest absolute Gasteiger partial charge is 0.273 e. The Balaban J connectivity index is 1.63. The minimum absolute atomic E-state index is 0.00529. The van der Waals surface area contributed by atoms with Crippen LogP contribution < -0.4 is 0 Å². The van der Waals surface area contributed by atoms with E-state index in [4.69, 9.17) is 0 Å². The minimum Gasteiger partial charge on any atom is -0.322 e. The molecule has 0 radical (unpaired) electrons. The fourth-order valence-corrected chi connectivity index (χ4v) is 4.35. The highest BCUT2D eigenvalue weighted by Crippen LogP contribution is 2.43. The van der Waals surface area contributed by atoms with Crippen LogP contribution in [-0.4, -0.2) is 21.0 Å². The summed E-state index contributed by atoms with van der Waals surface area (Å²) in [6.45, 7) is 4.77. The number of H-pyrrole nitrogens is 1. The lowest BCUT2D eigenvalue weighted by Gasteiger charge is -2.26. The average Bonchev–Trinajstić information content (AvgIpc) is 3.35. The SMILES string of the molecule is CCc1ccc(C2c3c(-c4ccc(C)cc4)n[nH]c3C(=O)N2Cc2ccccc2)cc1. The normalized spacial score (nSPS) is 15.4. The molecule has 2 heterocycles. The van der Waals surface area contributed by atoms with Crippen molar-refractivity contribution in [1.29, 1.82) is 0 Å². The first-order chi connectivity index (χ1) is 15.2. The van der Waals surface area contributed by atoms with Gasteiger partial charge >= 0.3 is 0 Å². The van der Waals surface area contributed by atoms with Gasteiger partial charge in [-0.15, -0.1) is 0 Å². The van der Waals surface area contributed by atoms with Gasteiger partial charge in [-0.25, -0.2) is 0 Å². The Labute approximate surface area is 182 Å². The molecule has 1 aromatic heterocycles. The number of hydrogen-bond acceptors (Lipinski definition) is 2. The van der Waals surface area contributed by atoms with Gasteiger partial charge in [0.1, 0.15) is 5.69 Å². The molecular weight excluding hydrogens is 382 g/mol. The maximum Gasteiger partial charge on any atom is 0.273 e. The maximum atomic E-state index is 13.5. The van der Waals surface area contributed by atoms with E-state index in [0.29, 0.717) is 12.2 Å². The number of rotatable bonds is 5. The zero-order chi connectivity index (χ0) is 21.4. The van der Waals surface area contributed by atoms with E-state index in [2.05, 4.69) is 84.7 Å². The molecule has 4 aromatic rings. The number of fused-ring (bicyclic) bond motifs is 1. The van der Waals surface area contributed by atoms with Crippen molar-refractivity contribution >= 4 is 5.91 Å². The lowest BCUT2D eigenvalue weighted by atomic mass is 9.94. The summed E-state index contributed by atoms with van der Waals surface area (Å²) in [5.74, 6) is -0.00529. The third-order valence-corrected chi connectivity index (χ3v) is 6.09. The van der Waals surface area contributed by atoms with Gasteiger partial charge in [-0.05, 0) is 30.0 Å². The van der Waals surface area contributed by atoms with E-state index in [1.807, 2.05) is 23.1 Å². The van der Waals surface area contributed by atoms with E-state index in [1.54, 1.807) is 0 Å². The highest BCUT2D eigenvalue weighted by atomic mass is 16.2. The van der Waals surface area contributed by atoms with Crippen LogP contribution in [0.4, 0.5) is 0 Å². The van der Waals surface area contributed by atoms with Crippen LogP contribution in [0.1, 0.15) is 51.3 Å². The predicted molar refractivity (Wildman–Crippen MR) is 123 cm³/mol. The number of hydrogen-bond donors (Lipinski definition) is 1. The van der Waals surface area contributed by atoms with Gasteiger partial charge in [-0.3, -0.25) is 9.89 Å². The van der Waals surface area contributed by atoms with Gasteiger partial charge in [-0.1, -0.05) is 91.3 Å². The number of aromatic nitrogens is 2. The van der Waals surface area contributed by atoms with E-state index in [9.17, 15) is 4.79 Å². The van der Waals surface area contributed by atoms with Crippen molar-refractivity contribution in [2.75, 3.05) is 0 Å². The lowest BCUT2D eigenvalue weighted by Crippen LogP contribution is -2.29. The molecular formula is C27H25N3O. The summed E-state index contributed by atoms with van der Waals surface area (Å²) >= 11 is 0. The van der Waals surface area contributed by atoms with Gasteiger partial charge in [0.05, 0.1) is 11.7 Å². The first-order valence-electron chi connectivity index (χ1n) is 10.7. The number of aryl methyl sites for hydroxylation is 2. The number of nitrogens with zero attached hydrogens (tertiary/aromatic N) is 2. The van der Waals surface area contributed by atoms with Crippen LogP contribution in [0.15, 0.2) is 78.9 Å². The summed E-state index contributed by atoms with van der Waals surface area (Å²) in [6.07, 6.45) is 0.989. The van der Waals surface area contributed by atoms with Crippen LogP contribution in [0.3, 0.4) is 0 Å². The van der Waals surface area contributed by atoms with Crippen LogP contribution in [0.25, 0.3) is 11.3 Å². The van der Waals surface area contributed by atoms with E-state index >= 15 is 0 Å². The van der Waals surface area contributed by atoms with Crippen LogP contribution >= 0.6 is 0 Å². The fraction of sp³-hybridized carbons (Fsp3) is 0.185. The number of amides is 1. The average molecular weight is 408 g/mol. The molecule has 3 aromatic carbocycles. The molecule has 0 saturated carbocycles. The van der Waals surface area contributed by atoms with Crippen molar-refractivity contribution in [3.05, 3.63) is 112 Å². The Kier molecular flexibility index (Phi) is 4.91. The maximum absolute atomic E-state index is 13.5. The van der Waals surface area contributed by atoms with Gasteiger partial charge in [0.25, 0.3) is 5.91 Å². The third-order valence-electron chi connectivity index (χ3n) is 6.09. The van der Waals surface area contributed by atoms with E-state index in [-0.39, 0.29) is 11.9 Å². The van der Waals surface area contributed by atoms with Crippen molar-refractivity contribution in [1.82, 2.24) is 15.1 Å². The Morgan fingerprint density at radius 3 is 2.29 bits per heavy atom. The standard InChI is InChI=1S/C27H25N3O/c1-3-19-11-15-22(16-12-19)26-23-24(21-13-9-18(2)10-14-21)28-29-25(23)27(31)30(26)17-20-7-5-4-6-8-20/h4-16,26H,3,17H2,1-2H3,(H,28,29). The molecule has 0 saturated heterocycles. The van der Waals surface area contributed by atoms with Crippen LogP contribution in [-0.2, 0) is 13.0 Å². The van der Waals surface area contributed by atoms with E-state index in [0.717, 1.165) is 34.4 Å². The molecule has 1 aliphatic rings. The second kappa shape index (κ2) is 7.88. The van der Waals surface area contributed by atoms with Crippen molar-refractivity contribution < 1.29 is 4.79 Å². The molecule has 0 bridgehead atoms. The summed E-state index contributed by atoms with van der Waals surface area (Å²) < 4.78 is 0. The minimum atomic E-state index is -0.177.